The summed E-state index contributed by atoms with van der Waals surface area (Å²) >= 11 is 0. The highest BCUT2D eigenvalue weighted by atomic mass is 19.4. The van der Waals surface area contributed by atoms with Crippen LogP contribution in [0.25, 0.3) is 4.85 Å². The van der Waals surface area contributed by atoms with E-state index >= 15 is 0 Å². The molecule has 86 valence electrons. The molecule has 1 nitrogen and oxygen atoms in total. The molecule has 0 aliphatic rings. The Kier molecular flexibility index (Phi) is 3.27. The molecule has 0 aliphatic heterocycles. The molecule has 0 spiro atoms. The van der Waals surface area contributed by atoms with Gasteiger partial charge in [0.25, 0.3) is 0 Å². The van der Waals surface area contributed by atoms with Crippen LogP contribution in [0.3, 0.4) is 0 Å². The van der Waals surface area contributed by atoms with E-state index in [0.717, 1.165) is 17.7 Å². The van der Waals surface area contributed by atoms with Gasteiger partial charge in [0.15, 0.2) is 0 Å². The van der Waals surface area contributed by atoms with Crippen LogP contribution in [-0.2, 0) is 11.6 Å². The third-order valence-corrected chi connectivity index (χ3v) is 2.47. The third kappa shape index (κ3) is 2.75. The summed E-state index contributed by atoms with van der Waals surface area (Å²) in [6, 6.07) is 4.99. The highest BCUT2D eigenvalue weighted by Gasteiger charge is 2.31. The van der Waals surface area contributed by atoms with E-state index in [1.165, 1.54) is 12.1 Å². The number of benzene rings is 1. The molecule has 0 saturated carbocycles. The summed E-state index contributed by atoms with van der Waals surface area (Å²) in [6.45, 7) is 10.7. The summed E-state index contributed by atoms with van der Waals surface area (Å²) in [5.74, 6) is 0. The average Bonchev–Trinajstić information content (AvgIpc) is 2.16. The average molecular weight is 227 g/mol. The Morgan fingerprint density at radius 2 is 1.50 bits per heavy atom. The number of hydrogen-bond donors (Lipinski definition) is 0. The predicted octanol–water partition coefficient (Wildman–Crippen LogP) is 3.90. The minimum atomic E-state index is -4.30. The van der Waals surface area contributed by atoms with Gasteiger partial charge >= 0.3 is 6.18 Å². The Balaban J connectivity index is 3.01. The van der Waals surface area contributed by atoms with Gasteiger partial charge in [-0.15, -0.1) is 0 Å². The summed E-state index contributed by atoms with van der Waals surface area (Å²) in [5, 5.41) is 0. The monoisotopic (exact) mass is 227 g/mol. The molecule has 0 aromatic heterocycles. The first-order chi connectivity index (χ1) is 7.27. The Morgan fingerprint density at radius 1 is 1.06 bits per heavy atom. The fourth-order valence-corrected chi connectivity index (χ4v) is 1.40. The van der Waals surface area contributed by atoms with E-state index < -0.39 is 17.2 Å². The SMILES string of the molecule is [C-]#[N+]CC(C)(C)c1ccc(C(F)(F)F)cc1. The van der Waals surface area contributed by atoms with Gasteiger partial charge in [-0.05, 0) is 31.5 Å². The molecule has 0 fully saturated rings. The van der Waals surface area contributed by atoms with Crippen LogP contribution in [0.2, 0.25) is 0 Å². The zero-order valence-corrected chi connectivity index (χ0v) is 9.10. The maximum Gasteiger partial charge on any atom is 0.416 e. The molecule has 0 aliphatic carbocycles. The minimum absolute atomic E-state index is 0.262. The van der Waals surface area contributed by atoms with Gasteiger partial charge in [0.1, 0.15) is 0 Å². The molecule has 0 radical (unpaired) electrons. The van der Waals surface area contributed by atoms with Gasteiger partial charge in [-0.25, -0.2) is 6.57 Å². The molecule has 16 heavy (non-hydrogen) atoms. The number of nitrogens with zero attached hydrogens (tertiary/aromatic N) is 1. The maximum absolute atomic E-state index is 12.3. The first-order valence-electron chi connectivity index (χ1n) is 4.78. The summed E-state index contributed by atoms with van der Waals surface area (Å²) in [7, 11) is 0. The van der Waals surface area contributed by atoms with Crippen molar-refractivity contribution >= 4 is 0 Å². The largest absolute Gasteiger partial charge is 0.416 e. The normalized spacial score (nSPS) is 12.2. The number of hydrogen-bond acceptors (Lipinski definition) is 0. The van der Waals surface area contributed by atoms with Crippen LogP contribution in [0.15, 0.2) is 24.3 Å². The van der Waals surface area contributed by atoms with Crippen LogP contribution in [0, 0.1) is 6.57 Å². The Bertz CT molecular complexity index is 396. The summed E-state index contributed by atoms with van der Waals surface area (Å²) in [4.78, 5) is 3.28. The van der Waals surface area contributed by atoms with Crippen molar-refractivity contribution in [2.45, 2.75) is 25.4 Å². The smallest absolute Gasteiger partial charge is 0.316 e. The van der Waals surface area contributed by atoms with Crippen LogP contribution in [0.1, 0.15) is 25.0 Å². The molecule has 4 heteroatoms. The van der Waals surface area contributed by atoms with Crippen molar-refractivity contribution in [1.82, 2.24) is 0 Å². The van der Waals surface area contributed by atoms with Crippen molar-refractivity contribution < 1.29 is 13.2 Å². The molecule has 1 rings (SSSR count). The first-order valence-corrected chi connectivity index (χ1v) is 4.78. The van der Waals surface area contributed by atoms with Gasteiger partial charge in [-0.2, -0.15) is 13.2 Å². The fraction of sp³-hybridized carbons (Fsp3) is 0.417. The lowest BCUT2D eigenvalue weighted by Crippen LogP contribution is -2.20. The lowest BCUT2D eigenvalue weighted by molar-refractivity contribution is -0.137. The highest BCUT2D eigenvalue weighted by molar-refractivity contribution is 5.30. The molecule has 1 aromatic carbocycles. The highest BCUT2D eigenvalue weighted by Crippen LogP contribution is 2.31. The standard InChI is InChI=1S/C12H12F3N/c1-11(2,8-16-3)9-4-6-10(7-5-9)12(13,14)15/h4-7H,8H2,1-2H3. The van der Waals surface area contributed by atoms with Gasteiger partial charge < -0.3 is 4.85 Å². The van der Waals surface area contributed by atoms with Gasteiger partial charge in [-0.3, -0.25) is 0 Å². The van der Waals surface area contributed by atoms with Gasteiger partial charge in [0.05, 0.1) is 11.0 Å². The van der Waals surface area contributed by atoms with Gasteiger partial charge in [0, 0.05) is 0 Å². The van der Waals surface area contributed by atoms with Crippen LogP contribution in [0.5, 0.6) is 0 Å². The Hall–Kier alpha value is -1.50. The molecular weight excluding hydrogens is 215 g/mol. The molecule has 0 saturated heterocycles. The van der Waals surface area contributed by atoms with E-state index in [1.807, 2.05) is 13.8 Å². The molecule has 0 N–H and O–H groups in total. The van der Waals surface area contributed by atoms with Gasteiger partial charge in [0.2, 0.25) is 6.54 Å². The van der Waals surface area contributed by atoms with Crippen molar-refractivity contribution in [2.24, 2.45) is 0 Å². The van der Waals surface area contributed by atoms with Crippen LogP contribution in [0.4, 0.5) is 13.2 Å². The van der Waals surface area contributed by atoms with Gasteiger partial charge in [-0.1, -0.05) is 12.1 Å². The third-order valence-electron chi connectivity index (χ3n) is 2.47. The van der Waals surface area contributed by atoms with Crippen molar-refractivity contribution in [1.29, 1.82) is 0 Å². The number of halogens is 3. The van der Waals surface area contributed by atoms with Crippen LogP contribution >= 0.6 is 0 Å². The minimum Gasteiger partial charge on any atom is -0.316 e. The lowest BCUT2D eigenvalue weighted by atomic mass is 9.84. The van der Waals surface area contributed by atoms with Crippen molar-refractivity contribution in [3.8, 4) is 0 Å². The molecule has 0 unspecified atom stereocenters. The Labute approximate surface area is 92.7 Å². The first kappa shape index (κ1) is 12.6. The van der Waals surface area contributed by atoms with Crippen LogP contribution < -0.4 is 0 Å². The predicted molar refractivity (Wildman–Crippen MR) is 55.9 cm³/mol. The van der Waals surface area contributed by atoms with E-state index in [2.05, 4.69) is 4.85 Å². The Morgan fingerprint density at radius 3 is 1.88 bits per heavy atom. The molecule has 0 heterocycles. The second-order valence-corrected chi connectivity index (χ2v) is 4.28. The van der Waals surface area contributed by atoms with Crippen molar-refractivity contribution in [3.05, 3.63) is 46.8 Å². The topological polar surface area (TPSA) is 4.36 Å². The molecular formula is C12H12F3N. The second kappa shape index (κ2) is 4.17. The quantitative estimate of drug-likeness (QED) is 0.675. The van der Waals surface area contributed by atoms with E-state index in [4.69, 9.17) is 6.57 Å². The van der Waals surface area contributed by atoms with E-state index in [1.54, 1.807) is 0 Å². The lowest BCUT2D eigenvalue weighted by Gasteiger charge is -2.19. The maximum atomic E-state index is 12.3. The summed E-state index contributed by atoms with van der Waals surface area (Å²) < 4.78 is 36.9. The van der Waals surface area contributed by atoms with E-state index in [9.17, 15) is 13.2 Å². The van der Waals surface area contributed by atoms with E-state index in [0.29, 0.717) is 0 Å². The zero-order chi connectivity index (χ0) is 12.4. The molecule has 0 bridgehead atoms. The number of rotatable bonds is 2. The van der Waals surface area contributed by atoms with Crippen LogP contribution in [-0.4, -0.2) is 6.54 Å². The number of alkyl halides is 3. The molecule has 1 aromatic rings. The van der Waals surface area contributed by atoms with Crippen molar-refractivity contribution in [2.75, 3.05) is 6.54 Å². The van der Waals surface area contributed by atoms with E-state index in [-0.39, 0.29) is 6.54 Å². The zero-order valence-electron chi connectivity index (χ0n) is 9.10. The molecule has 0 amide bonds. The fourth-order valence-electron chi connectivity index (χ4n) is 1.40. The summed E-state index contributed by atoms with van der Waals surface area (Å²) in [5.41, 5.74) is -0.322. The molecule has 0 atom stereocenters. The summed E-state index contributed by atoms with van der Waals surface area (Å²) in [6.07, 6.45) is -4.30. The second-order valence-electron chi connectivity index (χ2n) is 4.28. The van der Waals surface area contributed by atoms with Crippen molar-refractivity contribution in [3.63, 3.8) is 0 Å².